The number of thiophene rings is 1. The van der Waals surface area contributed by atoms with Gasteiger partial charge in [0.2, 0.25) is 0 Å². The van der Waals surface area contributed by atoms with Gasteiger partial charge in [0.25, 0.3) is 0 Å². The van der Waals surface area contributed by atoms with Crippen LogP contribution < -0.4 is 5.32 Å². The zero-order valence-corrected chi connectivity index (χ0v) is 8.36. The molecule has 2 nitrogen and oxygen atoms in total. The molecule has 0 aliphatic heterocycles. The molecule has 0 bridgehead atoms. The van der Waals surface area contributed by atoms with E-state index in [0.717, 1.165) is 13.2 Å². The molecule has 68 valence electrons. The third-order valence-electron chi connectivity index (χ3n) is 1.65. The van der Waals surface area contributed by atoms with Crippen molar-refractivity contribution >= 4 is 11.3 Å². The minimum absolute atomic E-state index is 0.426. The monoisotopic (exact) mass is 185 g/mol. The van der Waals surface area contributed by atoms with Gasteiger partial charge in [-0.25, -0.2) is 0 Å². The Kier molecular flexibility index (Phi) is 4.29. The molecule has 1 atom stereocenters. The number of hydrogen-bond acceptors (Lipinski definition) is 3. The van der Waals surface area contributed by atoms with Gasteiger partial charge in [0.15, 0.2) is 0 Å². The molecule has 1 rings (SSSR count). The summed E-state index contributed by atoms with van der Waals surface area (Å²) in [7, 11) is 1.72. The number of rotatable bonds is 5. The van der Waals surface area contributed by atoms with Crippen LogP contribution in [0.25, 0.3) is 0 Å². The smallest absolute Gasteiger partial charge is 0.0613 e. The number of nitrogens with one attached hydrogen (secondary N) is 1. The van der Waals surface area contributed by atoms with E-state index in [-0.39, 0.29) is 0 Å². The molecule has 0 spiro atoms. The topological polar surface area (TPSA) is 21.3 Å². The third-order valence-corrected chi connectivity index (χ3v) is 2.38. The zero-order valence-electron chi connectivity index (χ0n) is 7.54. The fourth-order valence-corrected chi connectivity index (χ4v) is 1.66. The molecule has 1 aromatic heterocycles. The molecule has 0 aromatic carbocycles. The molecule has 0 radical (unpaired) electrons. The van der Waals surface area contributed by atoms with Crippen LogP contribution in [0.5, 0.6) is 0 Å². The van der Waals surface area contributed by atoms with E-state index in [1.54, 1.807) is 18.4 Å². The molecule has 0 saturated carbocycles. The Bertz CT molecular complexity index is 198. The molecule has 1 aromatic rings. The van der Waals surface area contributed by atoms with Crippen LogP contribution in [0.2, 0.25) is 0 Å². The fourth-order valence-electron chi connectivity index (χ4n) is 0.994. The summed E-state index contributed by atoms with van der Waals surface area (Å²) in [5, 5.41) is 7.62. The van der Waals surface area contributed by atoms with E-state index in [2.05, 4.69) is 29.1 Å². The van der Waals surface area contributed by atoms with Gasteiger partial charge in [-0.05, 0) is 29.3 Å². The predicted octanol–water partition coefficient (Wildman–Crippen LogP) is 1.87. The van der Waals surface area contributed by atoms with E-state index < -0.39 is 0 Å². The number of methoxy groups -OCH3 is 1. The molecule has 3 heteroatoms. The molecular weight excluding hydrogens is 170 g/mol. The quantitative estimate of drug-likeness (QED) is 0.756. The van der Waals surface area contributed by atoms with Crippen molar-refractivity contribution in [2.24, 2.45) is 0 Å². The summed E-state index contributed by atoms with van der Waals surface area (Å²) in [6.07, 6.45) is 0. The first-order chi connectivity index (χ1) is 5.83. The van der Waals surface area contributed by atoms with E-state index in [9.17, 15) is 0 Å². The van der Waals surface area contributed by atoms with Gasteiger partial charge in [0.1, 0.15) is 0 Å². The summed E-state index contributed by atoms with van der Waals surface area (Å²) in [6.45, 7) is 3.83. The van der Waals surface area contributed by atoms with Crippen molar-refractivity contribution < 1.29 is 4.74 Å². The zero-order chi connectivity index (χ0) is 8.81. The highest BCUT2D eigenvalue weighted by Gasteiger charge is 1.99. The van der Waals surface area contributed by atoms with Crippen LogP contribution in [-0.4, -0.2) is 19.8 Å². The molecular formula is C9H15NOS. The fraction of sp³-hybridized carbons (Fsp3) is 0.556. The van der Waals surface area contributed by atoms with Crippen LogP contribution in [0, 0.1) is 0 Å². The minimum atomic E-state index is 0.426. The average molecular weight is 185 g/mol. The molecule has 0 saturated heterocycles. The molecule has 0 aliphatic rings. The van der Waals surface area contributed by atoms with Crippen LogP contribution in [0.4, 0.5) is 0 Å². The molecule has 1 N–H and O–H groups in total. The van der Waals surface area contributed by atoms with Gasteiger partial charge in [-0.15, -0.1) is 0 Å². The van der Waals surface area contributed by atoms with Crippen molar-refractivity contribution in [1.29, 1.82) is 0 Å². The van der Waals surface area contributed by atoms with Crippen LogP contribution in [-0.2, 0) is 11.3 Å². The molecule has 12 heavy (non-hydrogen) atoms. The van der Waals surface area contributed by atoms with E-state index in [4.69, 9.17) is 4.74 Å². The summed E-state index contributed by atoms with van der Waals surface area (Å²) >= 11 is 1.73. The summed E-state index contributed by atoms with van der Waals surface area (Å²) in [6, 6.07) is 2.56. The maximum atomic E-state index is 5.01. The third kappa shape index (κ3) is 3.34. The molecule has 1 heterocycles. The maximum absolute atomic E-state index is 5.01. The first kappa shape index (κ1) is 9.71. The second-order valence-electron chi connectivity index (χ2n) is 2.87. The Balaban J connectivity index is 2.17. The maximum Gasteiger partial charge on any atom is 0.0613 e. The average Bonchev–Trinajstić information content (AvgIpc) is 2.53. The summed E-state index contributed by atoms with van der Waals surface area (Å²) < 4.78 is 5.01. The lowest BCUT2D eigenvalue weighted by molar-refractivity contribution is 0.171. The Labute approximate surface area is 77.6 Å². The largest absolute Gasteiger partial charge is 0.383 e. The first-order valence-corrected chi connectivity index (χ1v) is 5.00. The van der Waals surface area contributed by atoms with Gasteiger partial charge in [-0.1, -0.05) is 0 Å². The molecule has 0 amide bonds. The van der Waals surface area contributed by atoms with Gasteiger partial charge in [-0.3, -0.25) is 0 Å². The normalized spacial score (nSPS) is 13.2. The van der Waals surface area contributed by atoms with Crippen LogP contribution in [0.3, 0.4) is 0 Å². The van der Waals surface area contributed by atoms with E-state index in [1.807, 2.05) is 0 Å². The summed E-state index contributed by atoms with van der Waals surface area (Å²) in [5.41, 5.74) is 1.35. The van der Waals surface area contributed by atoms with E-state index >= 15 is 0 Å². The van der Waals surface area contributed by atoms with E-state index in [0.29, 0.717) is 6.04 Å². The van der Waals surface area contributed by atoms with Crippen molar-refractivity contribution in [1.82, 2.24) is 5.32 Å². The number of ether oxygens (including phenoxy) is 1. The summed E-state index contributed by atoms with van der Waals surface area (Å²) in [5.74, 6) is 0. The van der Waals surface area contributed by atoms with Gasteiger partial charge < -0.3 is 10.1 Å². The van der Waals surface area contributed by atoms with Crippen molar-refractivity contribution in [2.75, 3.05) is 13.7 Å². The summed E-state index contributed by atoms with van der Waals surface area (Å²) in [4.78, 5) is 0. The Morgan fingerprint density at radius 1 is 1.67 bits per heavy atom. The van der Waals surface area contributed by atoms with Gasteiger partial charge >= 0.3 is 0 Å². The minimum Gasteiger partial charge on any atom is -0.383 e. The lowest BCUT2D eigenvalue weighted by Gasteiger charge is -2.11. The second kappa shape index (κ2) is 5.30. The Morgan fingerprint density at radius 2 is 2.50 bits per heavy atom. The van der Waals surface area contributed by atoms with Crippen LogP contribution in [0.1, 0.15) is 12.5 Å². The standard InChI is InChI=1S/C9H15NOS/c1-8(6-11-2)10-5-9-3-4-12-7-9/h3-4,7-8,10H,5-6H2,1-2H3. The van der Waals surface area contributed by atoms with Crippen LogP contribution in [0.15, 0.2) is 16.8 Å². The second-order valence-corrected chi connectivity index (χ2v) is 3.65. The van der Waals surface area contributed by atoms with Crippen LogP contribution >= 0.6 is 11.3 Å². The SMILES string of the molecule is COCC(C)NCc1ccsc1. The highest BCUT2D eigenvalue weighted by atomic mass is 32.1. The Morgan fingerprint density at radius 3 is 3.08 bits per heavy atom. The van der Waals surface area contributed by atoms with Gasteiger partial charge in [0, 0.05) is 19.7 Å². The van der Waals surface area contributed by atoms with E-state index in [1.165, 1.54) is 5.56 Å². The van der Waals surface area contributed by atoms with Gasteiger partial charge in [0.05, 0.1) is 6.61 Å². The molecule has 0 aliphatic carbocycles. The Hall–Kier alpha value is -0.380. The molecule has 1 unspecified atom stereocenters. The highest BCUT2D eigenvalue weighted by Crippen LogP contribution is 2.05. The van der Waals surface area contributed by atoms with Crippen molar-refractivity contribution in [3.8, 4) is 0 Å². The first-order valence-electron chi connectivity index (χ1n) is 4.06. The van der Waals surface area contributed by atoms with Crippen molar-refractivity contribution in [2.45, 2.75) is 19.5 Å². The number of hydrogen-bond donors (Lipinski definition) is 1. The van der Waals surface area contributed by atoms with Gasteiger partial charge in [-0.2, -0.15) is 11.3 Å². The van der Waals surface area contributed by atoms with Crippen molar-refractivity contribution in [3.05, 3.63) is 22.4 Å². The van der Waals surface area contributed by atoms with Crippen molar-refractivity contribution in [3.63, 3.8) is 0 Å². The molecule has 0 fully saturated rings. The lowest BCUT2D eigenvalue weighted by Crippen LogP contribution is -2.29. The highest BCUT2D eigenvalue weighted by molar-refractivity contribution is 7.07. The lowest BCUT2D eigenvalue weighted by atomic mass is 10.3. The predicted molar refractivity (Wildman–Crippen MR) is 52.5 cm³/mol.